The number of benzene rings is 1. The molecule has 5 nitrogen and oxygen atoms in total. The SMILES string of the molecule is CCOC(=O)C(=CC1CCOCC1)c1ccccc1S(=O)(=O)C1CCC1. The lowest BCUT2D eigenvalue weighted by Gasteiger charge is -2.27. The van der Waals surface area contributed by atoms with Crippen LogP contribution in [-0.4, -0.2) is 39.5 Å². The third-order valence-corrected chi connectivity index (χ3v) is 7.46. The number of sulfone groups is 1. The summed E-state index contributed by atoms with van der Waals surface area (Å²) in [7, 11) is -3.44. The summed E-state index contributed by atoms with van der Waals surface area (Å²) in [5.74, 6) is -0.280. The number of hydrogen-bond donors (Lipinski definition) is 0. The van der Waals surface area contributed by atoms with Crippen molar-refractivity contribution in [2.24, 2.45) is 5.92 Å². The van der Waals surface area contributed by atoms with Crippen LogP contribution >= 0.6 is 0 Å². The molecule has 0 bridgehead atoms. The Labute approximate surface area is 155 Å². The first-order valence-electron chi connectivity index (χ1n) is 9.34. The van der Waals surface area contributed by atoms with Crippen molar-refractivity contribution in [2.75, 3.05) is 19.8 Å². The molecule has 1 aromatic rings. The van der Waals surface area contributed by atoms with Gasteiger partial charge < -0.3 is 9.47 Å². The molecule has 0 amide bonds. The minimum absolute atomic E-state index is 0.183. The predicted octanol–water partition coefficient (Wildman–Crippen LogP) is 3.39. The number of allylic oxidation sites excluding steroid dienone is 1. The molecule has 0 spiro atoms. The molecule has 2 aliphatic rings. The maximum Gasteiger partial charge on any atom is 0.338 e. The molecule has 2 fully saturated rings. The van der Waals surface area contributed by atoms with Crippen LogP contribution in [0.3, 0.4) is 0 Å². The zero-order chi connectivity index (χ0) is 18.6. The number of carbonyl (C=O) groups excluding carboxylic acids is 1. The second-order valence-electron chi connectivity index (χ2n) is 6.84. The Morgan fingerprint density at radius 1 is 1.19 bits per heavy atom. The molecule has 1 heterocycles. The number of esters is 1. The fourth-order valence-corrected chi connectivity index (χ4v) is 5.46. The summed E-state index contributed by atoms with van der Waals surface area (Å²) in [5.41, 5.74) is 0.821. The van der Waals surface area contributed by atoms with Crippen LogP contribution < -0.4 is 0 Å². The fourth-order valence-electron chi connectivity index (χ4n) is 3.39. The highest BCUT2D eigenvalue weighted by atomic mass is 32.2. The van der Waals surface area contributed by atoms with Gasteiger partial charge in [0, 0.05) is 18.8 Å². The van der Waals surface area contributed by atoms with Crippen molar-refractivity contribution in [1.82, 2.24) is 0 Å². The van der Waals surface area contributed by atoms with Gasteiger partial charge in [0.05, 0.1) is 22.3 Å². The van der Waals surface area contributed by atoms with Crippen molar-refractivity contribution in [3.8, 4) is 0 Å². The second-order valence-corrected chi connectivity index (χ2v) is 9.04. The molecular formula is C20H26O5S. The van der Waals surface area contributed by atoms with E-state index in [0.717, 1.165) is 19.3 Å². The average Bonchev–Trinajstić information content (AvgIpc) is 2.59. The van der Waals surface area contributed by atoms with Gasteiger partial charge in [-0.25, -0.2) is 13.2 Å². The first-order chi connectivity index (χ1) is 12.5. The maximum atomic E-state index is 13.0. The minimum Gasteiger partial charge on any atom is -0.462 e. The van der Waals surface area contributed by atoms with Gasteiger partial charge in [0.25, 0.3) is 0 Å². The molecule has 0 unspecified atom stereocenters. The highest BCUT2D eigenvalue weighted by Crippen LogP contribution is 2.35. The van der Waals surface area contributed by atoms with E-state index in [-0.39, 0.29) is 22.7 Å². The quantitative estimate of drug-likeness (QED) is 0.561. The zero-order valence-electron chi connectivity index (χ0n) is 15.1. The average molecular weight is 378 g/mol. The molecule has 0 N–H and O–H groups in total. The fraction of sp³-hybridized carbons (Fsp3) is 0.550. The first kappa shape index (κ1) is 19.1. The maximum absolute atomic E-state index is 13.0. The Morgan fingerprint density at radius 3 is 2.50 bits per heavy atom. The van der Waals surface area contributed by atoms with E-state index >= 15 is 0 Å². The Kier molecular flexibility index (Phi) is 6.14. The van der Waals surface area contributed by atoms with Crippen LogP contribution in [0, 0.1) is 5.92 Å². The minimum atomic E-state index is -3.44. The van der Waals surface area contributed by atoms with Crippen molar-refractivity contribution in [2.45, 2.75) is 49.2 Å². The van der Waals surface area contributed by atoms with Gasteiger partial charge in [0.15, 0.2) is 9.84 Å². The summed E-state index contributed by atoms with van der Waals surface area (Å²) in [5, 5.41) is -0.338. The Morgan fingerprint density at radius 2 is 1.88 bits per heavy atom. The van der Waals surface area contributed by atoms with Crippen molar-refractivity contribution >= 4 is 21.4 Å². The summed E-state index contributed by atoms with van der Waals surface area (Å²) in [6.07, 6.45) is 5.84. The molecule has 26 heavy (non-hydrogen) atoms. The van der Waals surface area contributed by atoms with Gasteiger partial charge in [-0.1, -0.05) is 30.7 Å². The normalized spacial score (nSPS) is 19.8. The molecule has 1 saturated heterocycles. The van der Waals surface area contributed by atoms with Gasteiger partial charge in [-0.05, 0) is 44.6 Å². The molecule has 0 atom stereocenters. The molecule has 1 aliphatic heterocycles. The smallest absolute Gasteiger partial charge is 0.338 e. The second kappa shape index (κ2) is 8.35. The summed E-state index contributed by atoms with van der Waals surface area (Å²) < 4.78 is 36.6. The topological polar surface area (TPSA) is 69.7 Å². The van der Waals surface area contributed by atoms with E-state index in [1.54, 1.807) is 31.2 Å². The number of hydrogen-bond acceptors (Lipinski definition) is 5. The first-order valence-corrected chi connectivity index (χ1v) is 10.9. The van der Waals surface area contributed by atoms with Gasteiger partial charge in [-0.2, -0.15) is 0 Å². The van der Waals surface area contributed by atoms with Gasteiger partial charge in [-0.15, -0.1) is 0 Å². The molecular weight excluding hydrogens is 352 g/mol. The zero-order valence-corrected chi connectivity index (χ0v) is 16.0. The molecule has 6 heteroatoms. The molecule has 0 aromatic heterocycles. The number of ether oxygens (including phenoxy) is 2. The Bertz CT molecular complexity index is 771. The van der Waals surface area contributed by atoms with Gasteiger partial charge in [-0.3, -0.25) is 0 Å². The van der Waals surface area contributed by atoms with Crippen molar-refractivity contribution in [1.29, 1.82) is 0 Å². The van der Waals surface area contributed by atoms with Crippen LogP contribution in [0.2, 0.25) is 0 Å². The van der Waals surface area contributed by atoms with Gasteiger partial charge in [0.2, 0.25) is 0 Å². The molecule has 3 rings (SSSR count). The molecule has 1 aromatic carbocycles. The summed E-state index contributed by atoms with van der Waals surface area (Å²) in [6.45, 7) is 3.31. The number of carbonyl (C=O) groups is 1. The summed E-state index contributed by atoms with van der Waals surface area (Å²) in [4.78, 5) is 12.9. The Hall–Kier alpha value is -1.66. The predicted molar refractivity (Wildman–Crippen MR) is 99.4 cm³/mol. The third kappa shape index (κ3) is 4.01. The van der Waals surface area contributed by atoms with E-state index in [1.807, 2.05) is 6.08 Å². The molecule has 1 saturated carbocycles. The lowest BCUT2D eigenvalue weighted by Crippen LogP contribution is -2.29. The van der Waals surface area contributed by atoms with Crippen molar-refractivity contribution in [3.63, 3.8) is 0 Å². The lowest BCUT2D eigenvalue weighted by atomic mass is 9.94. The summed E-state index contributed by atoms with van der Waals surface area (Å²) in [6, 6.07) is 6.81. The van der Waals surface area contributed by atoms with Crippen molar-refractivity contribution in [3.05, 3.63) is 35.9 Å². The van der Waals surface area contributed by atoms with E-state index in [2.05, 4.69) is 0 Å². The highest BCUT2D eigenvalue weighted by Gasteiger charge is 2.35. The van der Waals surface area contributed by atoms with E-state index in [0.29, 0.717) is 37.2 Å². The monoisotopic (exact) mass is 378 g/mol. The van der Waals surface area contributed by atoms with Crippen molar-refractivity contribution < 1.29 is 22.7 Å². The van der Waals surface area contributed by atoms with E-state index in [9.17, 15) is 13.2 Å². The van der Waals surface area contributed by atoms with Crippen LogP contribution in [0.5, 0.6) is 0 Å². The standard InChI is InChI=1S/C20H26O5S/c1-2-25-20(21)18(14-15-10-12-24-13-11-15)17-8-3-4-9-19(17)26(22,23)16-6-5-7-16/h3-4,8-9,14-16H,2,5-7,10-13H2,1H3. The van der Waals surface area contributed by atoms with E-state index < -0.39 is 15.8 Å². The molecule has 0 radical (unpaired) electrons. The Balaban J connectivity index is 2.03. The van der Waals surface area contributed by atoms with Crippen LogP contribution in [0.25, 0.3) is 5.57 Å². The number of rotatable bonds is 6. The molecule has 142 valence electrons. The van der Waals surface area contributed by atoms with Crippen LogP contribution in [0.4, 0.5) is 0 Å². The van der Waals surface area contributed by atoms with Gasteiger partial charge in [0.1, 0.15) is 0 Å². The molecule has 1 aliphatic carbocycles. The van der Waals surface area contributed by atoms with Crippen LogP contribution in [0.15, 0.2) is 35.2 Å². The third-order valence-electron chi connectivity index (χ3n) is 5.14. The highest BCUT2D eigenvalue weighted by molar-refractivity contribution is 7.92. The van der Waals surface area contributed by atoms with E-state index in [1.165, 1.54) is 0 Å². The van der Waals surface area contributed by atoms with Crippen LogP contribution in [-0.2, 0) is 24.1 Å². The van der Waals surface area contributed by atoms with E-state index in [4.69, 9.17) is 9.47 Å². The van der Waals surface area contributed by atoms with Gasteiger partial charge >= 0.3 is 5.97 Å². The largest absolute Gasteiger partial charge is 0.462 e. The van der Waals surface area contributed by atoms with Crippen LogP contribution in [0.1, 0.15) is 44.6 Å². The summed E-state index contributed by atoms with van der Waals surface area (Å²) >= 11 is 0. The lowest BCUT2D eigenvalue weighted by molar-refractivity contribution is -0.136.